The van der Waals surface area contributed by atoms with Crippen molar-refractivity contribution in [1.82, 2.24) is 14.8 Å². The van der Waals surface area contributed by atoms with Gasteiger partial charge in [0.15, 0.2) is 0 Å². The summed E-state index contributed by atoms with van der Waals surface area (Å²) >= 11 is 11.9. The summed E-state index contributed by atoms with van der Waals surface area (Å²) in [5, 5.41) is 10.2. The zero-order valence-corrected chi connectivity index (χ0v) is 16.2. The average Bonchev–Trinajstić information content (AvgIpc) is 3.18. The van der Waals surface area contributed by atoms with Crippen molar-refractivity contribution in [2.45, 2.75) is 18.4 Å². The van der Waals surface area contributed by atoms with Gasteiger partial charge < -0.3 is 10.6 Å². The molecule has 0 unspecified atom stereocenters. The quantitative estimate of drug-likeness (QED) is 0.650. The van der Waals surface area contributed by atoms with Gasteiger partial charge in [0.25, 0.3) is 0 Å². The SMILES string of the molecule is O=C1C[C@]2(C(=O)Nc3cc(F)c(Cl)cc32)c2cnn(Cc3ccc(Cl)cn3)c2N1. The lowest BCUT2D eigenvalue weighted by Gasteiger charge is -2.31. The van der Waals surface area contributed by atoms with Crippen LogP contribution in [0.15, 0.2) is 36.7 Å². The van der Waals surface area contributed by atoms with Crippen LogP contribution >= 0.6 is 23.2 Å². The molecule has 0 radical (unpaired) electrons. The largest absolute Gasteiger partial charge is 0.325 e. The highest BCUT2D eigenvalue weighted by atomic mass is 35.5. The summed E-state index contributed by atoms with van der Waals surface area (Å²) in [4.78, 5) is 29.8. The average molecular weight is 432 g/mol. The summed E-state index contributed by atoms with van der Waals surface area (Å²) in [6, 6.07) is 6.01. The molecule has 1 atom stereocenters. The number of hydrogen-bond acceptors (Lipinski definition) is 4. The topological polar surface area (TPSA) is 88.9 Å². The summed E-state index contributed by atoms with van der Waals surface area (Å²) in [5.41, 5.74) is 0.620. The van der Waals surface area contributed by atoms with E-state index < -0.39 is 17.1 Å². The van der Waals surface area contributed by atoms with Gasteiger partial charge in [-0.1, -0.05) is 23.2 Å². The monoisotopic (exact) mass is 431 g/mol. The molecule has 2 aliphatic rings. The highest BCUT2D eigenvalue weighted by Crippen LogP contribution is 2.50. The maximum absolute atomic E-state index is 13.9. The number of anilines is 2. The molecule has 0 fully saturated rings. The number of fused-ring (bicyclic) bond motifs is 4. The molecule has 0 bridgehead atoms. The Hall–Kier alpha value is -2.97. The van der Waals surface area contributed by atoms with Crippen LogP contribution in [-0.2, 0) is 21.5 Å². The molecule has 7 nitrogen and oxygen atoms in total. The van der Waals surface area contributed by atoms with Gasteiger partial charge in [-0.2, -0.15) is 5.10 Å². The van der Waals surface area contributed by atoms with Gasteiger partial charge in [-0.25, -0.2) is 9.07 Å². The van der Waals surface area contributed by atoms with Crippen molar-refractivity contribution < 1.29 is 14.0 Å². The Morgan fingerprint density at radius 1 is 1.14 bits per heavy atom. The van der Waals surface area contributed by atoms with Gasteiger partial charge in [0.1, 0.15) is 17.1 Å². The Morgan fingerprint density at radius 2 is 1.97 bits per heavy atom. The first-order chi connectivity index (χ1) is 13.9. The summed E-state index contributed by atoms with van der Waals surface area (Å²) in [5.74, 6) is -1.03. The Balaban J connectivity index is 1.65. The molecule has 2 N–H and O–H groups in total. The molecule has 0 saturated heterocycles. The van der Waals surface area contributed by atoms with E-state index >= 15 is 0 Å². The number of pyridine rings is 1. The molecule has 5 rings (SSSR count). The molecule has 2 aliphatic heterocycles. The maximum Gasteiger partial charge on any atom is 0.240 e. The molecular formula is C19H12Cl2FN5O2. The highest BCUT2D eigenvalue weighted by Gasteiger charge is 2.54. The van der Waals surface area contributed by atoms with Crippen molar-refractivity contribution >= 4 is 46.5 Å². The number of halogens is 3. The van der Waals surface area contributed by atoms with Gasteiger partial charge >= 0.3 is 0 Å². The van der Waals surface area contributed by atoms with Crippen LogP contribution in [0.1, 0.15) is 23.2 Å². The Morgan fingerprint density at radius 3 is 2.72 bits per heavy atom. The molecule has 4 heterocycles. The number of carbonyl (C=O) groups is 2. The lowest BCUT2D eigenvalue weighted by atomic mass is 9.72. The van der Waals surface area contributed by atoms with Crippen molar-refractivity contribution in [3.63, 3.8) is 0 Å². The second-order valence-electron chi connectivity index (χ2n) is 6.93. The molecule has 1 aromatic carbocycles. The van der Waals surface area contributed by atoms with E-state index in [-0.39, 0.29) is 23.9 Å². The summed E-state index contributed by atoms with van der Waals surface area (Å²) < 4.78 is 15.5. The van der Waals surface area contributed by atoms with E-state index in [1.165, 1.54) is 24.5 Å². The number of amides is 2. The minimum atomic E-state index is -1.32. The summed E-state index contributed by atoms with van der Waals surface area (Å²) in [6.07, 6.45) is 2.92. The first-order valence-corrected chi connectivity index (χ1v) is 9.41. The molecule has 0 aliphatic carbocycles. The Bertz CT molecular complexity index is 1190. The second kappa shape index (κ2) is 6.27. The molecule has 3 aromatic rings. The first kappa shape index (κ1) is 18.1. The molecule has 0 saturated carbocycles. The second-order valence-corrected chi connectivity index (χ2v) is 7.77. The summed E-state index contributed by atoms with van der Waals surface area (Å²) in [7, 11) is 0. The van der Waals surface area contributed by atoms with Crippen LogP contribution < -0.4 is 10.6 Å². The lowest BCUT2D eigenvalue weighted by Crippen LogP contribution is -2.43. The van der Waals surface area contributed by atoms with Crippen molar-refractivity contribution in [2.24, 2.45) is 0 Å². The third-order valence-corrected chi connectivity index (χ3v) is 5.75. The van der Waals surface area contributed by atoms with Crippen molar-refractivity contribution in [1.29, 1.82) is 0 Å². The highest BCUT2D eigenvalue weighted by molar-refractivity contribution is 6.31. The van der Waals surface area contributed by atoms with Crippen LogP contribution in [0.3, 0.4) is 0 Å². The van der Waals surface area contributed by atoms with Crippen LogP contribution in [0.5, 0.6) is 0 Å². The normalized spacial score (nSPS) is 19.7. The molecule has 146 valence electrons. The van der Waals surface area contributed by atoms with Gasteiger partial charge in [0.05, 0.1) is 28.5 Å². The number of benzene rings is 1. The fourth-order valence-electron chi connectivity index (χ4n) is 3.91. The van der Waals surface area contributed by atoms with Crippen LogP contribution in [0.2, 0.25) is 10.0 Å². The Labute approximate surface area is 173 Å². The smallest absolute Gasteiger partial charge is 0.240 e. The minimum absolute atomic E-state index is 0.120. The number of hydrogen-bond donors (Lipinski definition) is 2. The van der Waals surface area contributed by atoms with E-state index in [4.69, 9.17) is 23.2 Å². The Kier molecular flexibility index (Phi) is 3.91. The van der Waals surface area contributed by atoms with Crippen LogP contribution in [-0.4, -0.2) is 26.6 Å². The number of nitrogens with one attached hydrogen (secondary N) is 2. The fourth-order valence-corrected chi connectivity index (χ4v) is 4.19. The van der Waals surface area contributed by atoms with Crippen molar-refractivity contribution in [3.8, 4) is 0 Å². The van der Waals surface area contributed by atoms with E-state index in [2.05, 4.69) is 20.7 Å². The lowest BCUT2D eigenvalue weighted by molar-refractivity contribution is -0.125. The third-order valence-electron chi connectivity index (χ3n) is 5.24. The predicted octanol–water partition coefficient (Wildman–Crippen LogP) is 3.35. The van der Waals surface area contributed by atoms with Gasteiger partial charge in [-0.05, 0) is 29.8 Å². The third kappa shape index (κ3) is 2.63. The van der Waals surface area contributed by atoms with E-state index in [0.717, 1.165) is 0 Å². The van der Waals surface area contributed by atoms with Crippen LogP contribution in [0.25, 0.3) is 0 Å². The molecule has 2 aromatic heterocycles. The standard InChI is InChI=1S/C19H12Cl2FN5O2/c20-9-1-2-10(23-6-9)8-27-17-12(7-24-27)19(5-16(28)26-17)11-3-13(21)14(22)4-15(11)25-18(19)29/h1-4,6-7H,5,8H2,(H,25,29)(H,26,28)/t19-/m1/s1. The number of rotatable bonds is 2. The van der Waals surface area contributed by atoms with Gasteiger partial charge in [0.2, 0.25) is 11.8 Å². The van der Waals surface area contributed by atoms with Gasteiger partial charge in [-0.15, -0.1) is 0 Å². The van der Waals surface area contributed by atoms with E-state index in [1.807, 2.05) is 0 Å². The molecular weight excluding hydrogens is 420 g/mol. The van der Waals surface area contributed by atoms with Crippen molar-refractivity contribution in [3.05, 3.63) is 69.3 Å². The van der Waals surface area contributed by atoms with Crippen LogP contribution in [0, 0.1) is 5.82 Å². The van der Waals surface area contributed by atoms with Crippen LogP contribution in [0.4, 0.5) is 15.9 Å². The van der Waals surface area contributed by atoms with Gasteiger partial charge in [-0.3, -0.25) is 14.6 Å². The van der Waals surface area contributed by atoms with E-state index in [9.17, 15) is 14.0 Å². The van der Waals surface area contributed by atoms with E-state index in [0.29, 0.717) is 33.3 Å². The van der Waals surface area contributed by atoms with Gasteiger partial charge in [0, 0.05) is 23.9 Å². The number of carbonyl (C=O) groups excluding carboxylic acids is 2. The zero-order valence-electron chi connectivity index (χ0n) is 14.7. The van der Waals surface area contributed by atoms with Crippen molar-refractivity contribution in [2.75, 3.05) is 10.6 Å². The summed E-state index contributed by atoms with van der Waals surface area (Å²) in [6.45, 7) is 0.265. The van der Waals surface area contributed by atoms with E-state index in [1.54, 1.807) is 16.8 Å². The first-order valence-electron chi connectivity index (χ1n) is 8.66. The fraction of sp³-hybridized carbons (Fsp3) is 0.158. The zero-order chi connectivity index (χ0) is 20.3. The molecule has 1 spiro atoms. The number of nitrogens with zero attached hydrogens (tertiary/aromatic N) is 3. The maximum atomic E-state index is 13.9. The number of aromatic nitrogens is 3. The molecule has 10 heteroatoms. The predicted molar refractivity (Wildman–Crippen MR) is 105 cm³/mol. The minimum Gasteiger partial charge on any atom is -0.325 e. The molecule has 29 heavy (non-hydrogen) atoms. The molecule has 2 amide bonds.